The number of rotatable bonds is 6. The zero-order valence-corrected chi connectivity index (χ0v) is 19.6. The number of esters is 1. The van der Waals surface area contributed by atoms with Gasteiger partial charge in [-0.2, -0.15) is 0 Å². The fourth-order valence-corrected chi connectivity index (χ4v) is 4.16. The summed E-state index contributed by atoms with van der Waals surface area (Å²) in [6.07, 6.45) is -2.97. The molecule has 0 saturated heterocycles. The number of ether oxygens (including phenoxy) is 2. The smallest absolute Gasteiger partial charge is 0.460 e. The molecular weight excluding hydrogens is 548 g/mol. The Morgan fingerprint density at radius 3 is 2.48 bits per heavy atom. The van der Waals surface area contributed by atoms with Crippen molar-refractivity contribution in [1.82, 2.24) is 0 Å². The van der Waals surface area contributed by atoms with Crippen LogP contribution in [0.3, 0.4) is 0 Å². The van der Waals surface area contributed by atoms with Gasteiger partial charge in [0.15, 0.2) is 0 Å². The van der Waals surface area contributed by atoms with Gasteiger partial charge in [0.05, 0.1) is 9.31 Å². The van der Waals surface area contributed by atoms with E-state index in [1.807, 2.05) is 19.9 Å². The molecule has 0 radical (unpaired) electrons. The molecule has 0 spiro atoms. The second-order valence-electron chi connectivity index (χ2n) is 7.74. The summed E-state index contributed by atoms with van der Waals surface area (Å²) in [4.78, 5) is 12.5. The fraction of sp³-hybridized carbons (Fsp3) is 0.318. The summed E-state index contributed by atoms with van der Waals surface area (Å²) in [7, 11) is 0. The van der Waals surface area contributed by atoms with E-state index in [2.05, 4.69) is 36.6 Å². The van der Waals surface area contributed by atoms with E-state index in [4.69, 9.17) is 4.74 Å². The third-order valence-electron chi connectivity index (χ3n) is 5.30. The molecule has 0 heterocycles. The Morgan fingerprint density at radius 2 is 1.84 bits per heavy atom. The van der Waals surface area contributed by atoms with Crippen LogP contribution in [0, 0.1) is 23.1 Å². The van der Waals surface area contributed by atoms with Gasteiger partial charge in [-0.3, -0.25) is 4.79 Å². The van der Waals surface area contributed by atoms with Gasteiger partial charge in [0.1, 0.15) is 18.2 Å². The van der Waals surface area contributed by atoms with Gasteiger partial charge in [-0.1, -0.05) is 50.3 Å². The summed E-state index contributed by atoms with van der Waals surface area (Å²) < 4.78 is 62.4. The molecule has 3 rings (SSSR count). The lowest BCUT2D eigenvalue weighted by Gasteiger charge is -2.12. The minimum atomic E-state index is -4.85. The van der Waals surface area contributed by atoms with Crippen molar-refractivity contribution in [3.05, 3.63) is 63.3 Å². The summed E-state index contributed by atoms with van der Waals surface area (Å²) in [6, 6.07) is 9.50. The highest BCUT2D eigenvalue weighted by Gasteiger charge is 2.61. The van der Waals surface area contributed by atoms with Crippen LogP contribution in [0.2, 0.25) is 0 Å². The summed E-state index contributed by atoms with van der Waals surface area (Å²) in [5, 5.41) is 0. The Balaban J connectivity index is 1.74. The standard InChI is InChI=1S/C22H18Br2F4O3/c1-21(2)16(10-17(23)24)18(21)20(29)30-11-13-6-4-8-15(19(13)25)12-5-3-7-14(9-12)31-22(26,27)28/h3-10,16,18H,11H2,1-2H3. The molecule has 9 heteroatoms. The Bertz CT molecular complexity index is 1010. The SMILES string of the molecule is CC1(C)C(C=C(Br)Br)C1C(=O)OCc1cccc(-c2cccc(OC(F)(F)F)c2)c1F. The summed E-state index contributed by atoms with van der Waals surface area (Å²) in [5.41, 5.74) is 0.142. The van der Waals surface area contributed by atoms with E-state index in [1.54, 1.807) is 6.07 Å². The molecule has 166 valence electrons. The van der Waals surface area contributed by atoms with E-state index in [0.29, 0.717) is 0 Å². The van der Waals surface area contributed by atoms with Crippen LogP contribution in [0.5, 0.6) is 5.75 Å². The van der Waals surface area contributed by atoms with Crippen LogP contribution in [0.25, 0.3) is 11.1 Å². The van der Waals surface area contributed by atoms with Crippen molar-refractivity contribution in [2.75, 3.05) is 0 Å². The van der Waals surface area contributed by atoms with Crippen molar-refractivity contribution in [1.29, 1.82) is 0 Å². The molecule has 1 aliphatic carbocycles. The minimum absolute atomic E-state index is 0.0127. The van der Waals surface area contributed by atoms with Gasteiger partial charge in [-0.05, 0) is 60.9 Å². The first-order valence-corrected chi connectivity index (χ1v) is 10.8. The van der Waals surface area contributed by atoms with E-state index in [1.165, 1.54) is 24.3 Å². The number of allylic oxidation sites excluding steroid dienone is 1. The van der Waals surface area contributed by atoms with Crippen molar-refractivity contribution in [2.24, 2.45) is 17.3 Å². The van der Waals surface area contributed by atoms with E-state index in [9.17, 15) is 18.0 Å². The second kappa shape index (κ2) is 8.94. The molecular formula is C22H18Br2F4O3. The Kier molecular flexibility index (Phi) is 6.86. The van der Waals surface area contributed by atoms with E-state index in [-0.39, 0.29) is 40.5 Å². The molecule has 1 aliphatic rings. The lowest BCUT2D eigenvalue weighted by atomic mass is 10.0. The first kappa shape index (κ1) is 23.8. The molecule has 2 atom stereocenters. The highest BCUT2D eigenvalue weighted by atomic mass is 79.9. The molecule has 0 N–H and O–H groups in total. The molecule has 0 amide bonds. The average Bonchev–Trinajstić information content (AvgIpc) is 3.18. The molecule has 2 aromatic carbocycles. The van der Waals surface area contributed by atoms with Crippen molar-refractivity contribution in [3.63, 3.8) is 0 Å². The number of carbonyl (C=O) groups excluding carboxylic acids is 1. The molecule has 0 bridgehead atoms. The van der Waals surface area contributed by atoms with E-state index >= 15 is 4.39 Å². The molecule has 0 aromatic heterocycles. The molecule has 2 unspecified atom stereocenters. The Morgan fingerprint density at radius 1 is 1.16 bits per heavy atom. The number of hydrogen-bond donors (Lipinski definition) is 0. The maximum atomic E-state index is 15.0. The average molecular weight is 566 g/mol. The summed E-state index contributed by atoms with van der Waals surface area (Å²) >= 11 is 6.57. The molecule has 1 saturated carbocycles. The fourth-order valence-electron chi connectivity index (χ4n) is 3.59. The van der Waals surface area contributed by atoms with Gasteiger partial charge in [0.25, 0.3) is 0 Å². The highest BCUT2D eigenvalue weighted by molar-refractivity contribution is 9.28. The van der Waals surface area contributed by atoms with E-state index < -0.39 is 23.9 Å². The van der Waals surface area contributed by atoms with Gasteiger partial charge in [0.2, 0.25) is 0 Å². The third-order valence-corrected chi connectivity index (χ3v) is 5.83. The number of hydrogen-bond acceptors (Lipinski definition) is 3. The predicted molar refractivity (Wildman–Crippen MR) is 115 cm³/mol. The normalized spacial score (nSPS) is 19.5. The molecule has 1 fully saturated rings. The van der Waals surface area contributed by atoms with Crippen molar-refractivity contribution < 1.29 is 31.8 Å². The van der Waals surface area contributed by atoms with Crippen LogP contribution in [-0.2, 0) is 16.1 Å². The van der Waals surface area contributed by atoms with Crippen LogP contribution in [0.15, 0.2) is 51.9 Å². The summed E-state index contributed by atoms with van der Waals surface area (Å²) in [6.45, 7) is 3.61. The first-order valence-electron chi connectivity index (χ1n) is 9.23. The van der Waals surface area contributed by atoms with Gasteiger partial charge in [0, 0.05) is 11.1 Å². The van der Waals surface area contributed by atoms with Crippen molar-refractivity contribution in [2.45, 2.75) is 26.8 Å². The molecule has 31 heavy (non-hydrogen) atoms. The second-order valence-corrected chi connectivity index (χ2v) is 10.5. The predicted octanol–water partition coefficient (Wildman–Crippen LogP) is 7.34. The number of alkyl halides is 3. The van der Waals surface area contributed by atoms with E-state index in [0.717, 1.165) is 15.5 Å². The highest BCUT2D eigenvalue weighted by Crippen LogP contribution is 2.60. The molecule has 3 nitrogen and oxygen atoms in total. The number of benzene rings is 2. The Hall–Kier alpha value is -1.87. The third kappa shape index (κ3) is 5.68. The number of carbonyl (C=O) groups is 1. The Labute approximate surface area is 193 Å². The topological polar surface area (TPSA) is 35.5 Å². The minimum Gasteiger partial charge on any atom is -0.460 e. The van der Waals surface area contributed by atoms with Gasteiger partial charge in [-0.15, -0.1) is 13.2 Å². The van der Waals surface area contributed by atoms with Crippen LogP contribution in [0.1, 0.15) is 19.4 Å². The zero-order valence-electron chi connectivity index (χ0n) is 16.5. The first-order chi connectivity index (χ1) is 14.4. The van der Waals surface area contributed by atoms with Crippen LogP contribution < -0.4 is 4.74 Å². The zero-order chi connectivity index (χ0) is 23.0. The largest absolute Gasteiger partial charge is 0.573 e. The van der Waals surface area contributed by atoms with Crippen molar-refractivity contribution >= 4 is 37.8 Å². The quantitative estimate of drug-likeness (QED) is 0.271. The van der Waals surface area contributed by atoms with Crippen molar-refractivity contribution in [3.8, 4) is 16.9 Å². The van der Waals surface area contributed by atoms with Crippen LogP contribution in [-0.4, -0.2) is 12.3 Å². The van der Waals surface area contributed by atoms with Gasteiger partial charge >= 0.3 is 12.3 Å². The number of halogens is 6. The molecule has 2 aromatic rings. The van der Waals surface area contributed by atoms with Crippen LogP contribution >= 0.6 is 31.9 Å². The van der Waals surface area contributed by atoms with Gasteiger partial charge in [-0.25, -0.2) is 4.39 Å². The summed E-state index contributed by atoms with van der Waals surface area (Å²) in [5.74, 6) is -1.91. The maximum absolute atomic E-state index is 15.0. The maximum Gasteiger partial charge on any atom is 0.573 e. The van der Waals surface area contributed by atoms with Crippen LogP contribution in [0.4, 0.5) is 17.6 Å². The molecule has 0 aliphatic heterocycles. The monoisotopic (exact) mass is 564 g/mol. The van der Waals surface area contributed by atoms with Gasteiger partial charge < -0.3 is 9.47 Å². The lowest BCUT2D eigenvalue weighted by Crippen LogP contribution is -2.17. The lowest BCUT2D eigenvalue weighted by molar-refractivity contribution is -0.274.